The molecule has 0 heterocycles. The maximum atomic E-state index is 13.6. The fraction of sp³-hybridized carbons (Fsp3) is 0.609. The Morgan fingerprint density at radius 2 is 1.68 bits per heavy atom. The van der Waals surface area contributed by atoms with Gasteiger partial charge >= 0.3 is 5.97 Å². The first-order valence-corrected chi connectivity index (χ1v) is 10.4. The van der Waals surface area contributed by atoms with Crippen molar-refractivity contribution in [2.45, 2.75) is 71.3 Å². The van der Waals surface area contributed by atoms with E-state index >= 15 is 0 Å². The molecule has 1 aromatic rings. The Morgan fingerprint density at radius 1 is 1.04 bits per heavy atom. The summed E-state index contributed by atoms with van der Waals surface area (Å²) >= 11 is 0. The van der Waals surface area contributed by atoms with Crippen LogP contribution < -0.4 is 4.90 Å². The van der Waals surface area contributed by atoms with E-state index in [0.717, 1.165) is 31.2 Å². The summed E-state index contributed by atoms with van der Waals surface area (Å²) in [5.41, 5.74) is 2.00. The van der Waals surface area contributed by atoms with Crippen molar-refractivity contribution in [3.8, 4) is 0 Å². The molecule has 5 heteroatoms. The molecular formula is C23H31NO4. The van der Waals surface area contributed by atoms with E-state index in [0.29, 0.717) is 42.9 Å². The zero-order chi connectivity index (χ0) is 20.3. The van der Waals surface area contributed by atoms with Crippen molar-refractivity contribution in [1.29, 1.82) is 0 Å². The molecule has 28 heavy (non-hydrogen) atoms. The molecular weight excluding hydrogens is 354 g/mol. The fourth-order valence-corrected chi connectivity index (χ4v) is 4.52. The summed E-state index contributed by atoms with van der Waals surface area (Å²) < 4.78 is 4.99. The molecule has 2 saturated carbocycles. The third kappa shape index (κ3) is 4.45. The number of aryl methyl sites for hydroxylation is 1. The minimum absolute atomic E-state index is 0.0133. The number of methoxy groups -OCH3 is 1. The molecule has 0 spiro atoms. The predicted molar refractivity (Wildman–Crippen MR) is 108 cm³/mol. The van der Waals surface area contributed by atoms with Gasteiger partial charge in [0.2, 0.25) is 5.91 Å². The number of esters is 1. The normalized spacial score (nSPS) is 23.3. The van der Waals surface area contributed by atoms with E-state index in [4.69, 9.17) is 4.74 Å². The second kappa shape index (κ2) is 8.89. The van der Waals surface area contributed by atoms with Gasteiger partial charge in [-0.05, 0) is 63.5 Å². The molecule has 2 aliphatic rings. The Bertz CT molecular complexity index is 739. The molecule has 0 N–H and O–H groups in total. The van der Waals surface area contributed by atoms with Gasteiger partial charge in [0.25, 0.3) is 0 Å². The molecule has 0 atom stereocenters. The van der Waals surface area contributed by atoms with E-state index < -0.39 is 5.97 Å². The van der Waals surface area contributed by atoms with Crippen LogP contribution in [0, 0.1) is 18.8 Å². The highest BCUT2D eigenvalue weighted by molar-refractivity contribution is 6.04. The lowest BCUT2D eigenvalue weighted by atomic mass is 9.81. The largest absolute Gasteiger partial charge is 0.465 e. The van der Waals surface area contributed by atoms with Crippen LogP contribution in [0.1, 0.15) is 74.2 Å². The van der Waals surface area contributed by atoms with Gasteiger partial charge < -0.3 is 9.64 Å². The fourth-order valence-electron chi connectivity index (χ4n) is 4.52. The van der Waals surface area contributed by atoms with Gasteiger partial charge in [-0.3, -0.25) is 9.59 Å². The number of rotatable bonds is 4. The zero-order valence-corrected chi connectivity index (χ0v) is 17.2. The lowest BCUT2D eigenvalue weighted by molar-refractivity contribution is -0.125. The molecule has 152 valence electrons. The van der Waals surface area contributed by atoms with Crippen molar-refractivity contribution in [3.63, 3.8) is 0 Å². The summed E-state index contributed by atoms with van der Waals surface area (Å²) in [5, 5.41) is 0. The summed E-state index contributed by atoms with van der Waals surface area (Å²) in [5.74, 6) is 0.573. The number of Topliss-reactive ketones (excluding diaryl/α,β-unsaturated/α-hetero) is 1. The zero-order valence-electron chi connectivity index (χ0n) is 17.2. The molecule has 1 aromatic carbocycles. The third-order valence-corrected chi connectivity index (χ3v) is 6.30. The van der Waals surface area contributed by atoms with Crippen LogP contribution in [0.25, 0.3) is 0 Å². The van der Waals surface area contributed by atoms with Crippen molar-refractivity contribution in [1.82, 2.24) is 0 Å². The second-order valence-corrected chi connectivity index (χ2v) is 8.45. The Balaban J connectivity index is 1.98. The van der Waals surface area contributed by atoms with Crippen LogP contribution in [0.15, 0.2) is 18.2 Å². The van der Waals surface area contributed by atoms with E-state index in [1.807, 2.05) is 24.0 Å². The number of amides is 1. The Morgan fingerprint density at radius 3 is 2.29 bits per heavy atom. The van der Waals surface area contributed by atoms with Crippen LogP contribution >= 0.6 is 0 Å². The van der Waals surface area contributed by atoms with Gasteiger partial charge in [-0.15, -0.1) is 0 Å². The Kier molecular flexibility index (Phi) is 6.53. The first-order chi connectivity index (χ1) is 13.4. The van der Waals surface area contributed by atoms with E-state index in [1.54, 1.807) is 6.07 Å². The van der Waals surface area contributed by atoms with Gasteiger partial charge in [-0.2, -0.15) is 0 Å². The summed E-state index contributed by atoms with van der Waals surface area (Å²) in [6, 6.07) is 5.54. The van der Waals surface area contributed by atoms with E-state index in [9.17, 15) is 14.4 Å². The number of carbonyl (C=O) groups is 3. The minimum Gasteiger partial charge on any atom is -0.465 e. The van der Waals surface area contributed by atoms with Gasteiger partial charge in [0.1, 0.15) is 5.78 Å². The molecule has 0 bridgehead atoms. The van der Waals surface area contributed by atoms with Gasteiger partial charge in [0.15, 0.2) is 0 Å². The standard InChI is InChI=1S/C23H31NO4/c1-15-4-7-17(8-5-15)22(26)24(18-9-11-19(25)12-10-18)21-13-6-16(2)14-20(21)23(27)28-3/h6,13-15,17-18H,4-5,7-12H2,1-3H3/t15-,17-. The highest BCUT2D eigenvalue weighted by atomic mass is 16.5. The van der Waals surface area contributed by atoms with Crippen LogP contribution in [0.4, 0.5) is 5.69 Å². The molecule has 0 unspecified atom stereocenters. The SMILES string of the molecule is COC(=O)c1cc(C)ccc1N(C(=O)[C@H]1CC[C@H](C)CC1)C1CCC(=O)CC1. The number of ether oxygens (including phenoxy) is 1. The maximum Gasteiger partial charge on any atom is 0.339 e. The summed E-state index contributed by atoms with van der Waals surface area (Å²) in [7, 11) is 1.36. The number of carbonyl (C=O) groups excluding carboxylic acids is 3. The highest BCUT2D eigenvalue weighted by Gasteiger charge is 2.36. The molecule has 1 amide bonds. The van der Waals surface area contributed by atoms with Crippen molar-refractivity contribution >= 4 is 23.3 Å². The number of hydrogen-bond acceptors (Lipinski definition) is 4. The monoisotopic (exact) mass is 385 g/mol. The smallest absolute Gasteiger partial charge is 0.339 e. The van der Waals surface area contributed by atoms with Crippen LogP contribution in [0.5, 0.6) is 0 Å². The van der Waals surface area contributed by atoms with E-state index in [2.05, 4.69) is 6.92 Å². The highest BCUT2D eigenvalue weighted by Crippen LogP contribution is 2.35. The van der Waals surface area contributed by atoms with Crippen molar-refractivity contribution in [3.05, 3.63) is 29.3 Å². The van der Waals surface area contributed by atoms with Crippen molar-refractivity contribution in [2.75, 3.05) is 12.0 Å². The number of benzene rings is 1. The maximum absolute atomic E-state index is 13.6. The molecule has 0 saturated heterocycles. The summed E-state index contributed by atoms with van der Waals surface area (Å²) in [6.07, 6.45) is 6.20. The Hall–Kier alpha value is -2.17. The van der Waals surface area contributed by atoms with Crippen LogP contribution in [-0.2, 0) is 14.3 Å². The van der Waals surface area contributed by atoms with Gasteiger partial charge in [0, 0.05) is 24.8 Å². The quantitative estimate of drug-likeness (QED) is 0.718. The van der Waals surface area contributed by atoms with Crippen molar-refractivity contribution < 1.29 is 19.1 Å². The molecule has 5 nitrogen and oxygen atoms in total. The average molecular weight is 386 g/mol. The number of hydrogen-bond donors (Lipinski definition) is 0. The molecule has 0 aliphatic heterocycles. The number of nitrogens with zero attached hydrogens (tertiary/aromatic N) is 1. The van der Waals surface area contributed by atoms with Crippen LogP contribution in [0.3, 0.4) is 0 Å². The number of anilines is 1. The molecule has 0 aromatic heterocycles. The topological polar surface area (TPSA) is 63.7 Å². The predicted octanol–water partition coefficient (Wildman–Crippen LogP) is 4.45. The number of ketones is 1. The van der Waals surface area contributed by atoms with Gasteiger partial charge in [-0.1, -0.05) is 18.6 Å². The van der Waals surface area contributed by atoms with Crippen LogP contribution in [0.2, 0.25) is 0 Å². The second-order valence-electron chi connectivity index (χ2n) is 8.45. The molecule has 2 fully saturated rings. The lowest BCUT2D eigenvalue weighted by Crippen LogP contribution is -2.47. The van der Waals surface area contributed by atoms with E-state index in [1.165, 1.54) is 7.11 Å². The van der Waals surface area contributed by atoms with E-state index in [-0.39, 0.29) is 23.7 Å². The Labute approximate surface area is 167 Å². The molecule has 3 rings (SSSR count). The molecule has 2 aliphatic carbocycles. The summed E-state index contributed by atoms with van der Waals surface area (Å²) in [6.45, 7) is 4.16. The lowest BCUT2D eigenvalue weighted by Gasteiger charge is -2.38. The van der Waals surface area contributed by atoms with Crippen molar-refractivity contribution in [2.24, 2.45) is 11.8 Å². The third-order valence-electron chi connectivity index (χ3n) is 6.30. The van der Waals surface area contributed by atoms with Gasteiger partial charge in [-0.25, -0.2) is 4.79 Å². The first kappa shape index (κ1) is 20.6. The first-order valence-electron chi connectivity index (χ1n) is 10.4. The molecule has 0 radical (unpaired) electrons. The van der Waals surface area contributed by atoms with Gasteiger partial charge in [0.05, 0.1) is 18.4 Å². The minimum atomic E-state index is -0.430. The average Bonchev–Trinajstić information content (AvgIpc) is 2.70. The summed E-state index contributed by atoms with van der Waals surface area (Å²) in [4.78, 5) is 39.7. The van der Waals surface area contributed by atoms with Crippen LogP contribution in [-0.4, -0.2) is 30.8 Å².